The van der Waals surface area contributed by atoms with E-state index in [1.807, 2.05) is 0 Å². The van der Waals surface area contributed by atoms with E-state index >= 15 is 0 Å². The normalized spacial score (nSPS) is 24.4. The van der Waals surface area contributed by atoms with E-state index in [2.05, 4.69) is 46.0 Å². The minimum Gasteiger partial charge on any atom is -0.313 e. The Morgan fingerprint density at radius 2 is 1.70 bits per heavy atom. The van der Waals surface area contributed by atoms with Gasteiger partial charge in [0.05, 0.1) is 6.07 Å². The molecule has 0 aromatic heterocycles. The maximum absolute atomic E-state index is 8.70. The van der Waals surface area contributed by atoms with Crippen molar-refractivity contribution in [3.8, 4) is 6.07 Å². The number of rotatable bonds is 7. The molecule has 0 amide bonds. The number of hydrogen-bond donors (Lipinski definition) is 1. The van der Waals surface area contributed by atoms with Gasteiger partial charge in [0.15, 0.2) is 0 Å². The molecule has 0 aliphatic heterocycles. The van der Waals surface area contributed by atoms with Crippen LogP contribution in [0.2, 0.25) is 0 Å². The van der Waals surface area contributed by atoms with Crippen LogP contribution in [0, 0.1) is 28.1 Å². The fourth-order valence-corrected chi connectivity index (χ4v) is 3.27. The second-order valence-electron chi connectivity index (χ2n) is 8.09. The summed E-state index contributed by atoms with van der Waals surface area (Å²) < 4.78 is 0. The summed E-state index contributed by atoms with van der Waals surface area (Å²) in [6.45, 7) is 12.8. The fraction of sp³-hybridized carbons (Fsp3) is 0.944. The van der Waals surface area contributed by atoms with Crippen LogP contribution in [0.25, 0.3) is 0 Å². The average Bonchev–Trinajstić information content (AvgIpc) is 2.43. The van der Waals surface area contributed by atoms with E-state index in [1.165, 1.54) is 32.1 Å². The zero-order valence-corrected chi connectivity index (χ0v) is 14.3. The number of nitrogens with zero attached hydrogens (tertiary/aromatic N) is 1. The van der Waals surface area contributed by atoms with Gasteiger partial charge in [-0.1, -0.05) is 41.0 Å². The third kappa shape index (κ3) is 5.44. The van der Waals surface area contributed by atoms with E-state index in [-0.39, 0.29) is 5.41 Å². The smallest absolute Gasteiger partial charge is 0.0621 e. The topological polar surface area (TPSA) is 35.8 Å². The van der Waals surface area contributed by atoms with Crippen LogP contribution in [0.5, 0.6) is 0 Å². The van der Waals surface area contributed by atoms with Crippen molar-refractivity contribution in [3.05, 3.63) is 0 Å². The van der Waals surface area contributed by atoms with Gasteiger partial charge in [-0.25, -0.2) is 0 Å². The maximum Gasteiger partial charge on any atom is 0.0621 e. The number of nitriles is 1. The van der Waals surface area contributed by atoms with Crippen LogP contribution in [0.3, 0.4) is 0 Å². The van der Waals surface area contributed by atoms with Crippen molar-refractivity contribution in [1.29, 1.82) is 5.26 Å². The van der Waals surface area contributed by atoms with E-state index < -0.39 is 0 Å². The molecule has 0 radical (unpaired) electrons. The highest BCUT2D eigenvalue weighted by Crippen LogP contribution is 2.40. The molecule has 116 valence electrons. The third-order valence-electron chi connectivity index (χ3n) is 5.53. The first-order valence-electron chi connectivity index (χ1n) is 8.41. The van der Waals surface area contributed by atoms with Crippen molar-refractivity contribution < 1.29 is 0 Å². The van der Waals surface area contributed by atoms with Gasteiger partial charge in [0.1, 0.15) is 0 Å². The molecule has 0 spiro atoms. The van der Waals surface area contributed by atoms with Crippen molar-refractivity contribution in [1.82, 2.24) is 5.32 Å². The van der Waals surface area contributed by atoms with E-state index in [9.17, 15) is 0 Å². The molecule has 0 unspecified atom stereocenters. The Labute approximate surface area is 126 Å². The predicted octanol–water partition coefficient (Wildman–Crippen LogP) is 4.90. The van der Waals surface area contributed by atoms with Crippen LogP contribution in [-0.2, 0) is 0 Å². The van der Waals surface area contributed by atoms with Crippen LogP contribution < -0.4 is 5.32 Å². The van der Waals surface area contributed by atoms with Crippen molar-refractivity contribution >= 4 is 0 Å². The molecule has 1 N–H and O–H groups in total. The summed E-state index contributed by atoms with van der Waals surface area (Å²) in [5.74, 6) is 0.900. The largest absolute Gasteiger partial charge is 0.313 e. The summed E-state index contributed by atoms with van der Waals surface area (Å²) in [5, 5.41) is 12.5. The van der Waals surface area contributed by atoms with Crippen LogP contribution in [0.15, 0.2) is 0 Å². The van der Waals surface area contributed by atoms with Gasteiger partial charge in [0.25, 0.3) is 0 Å². The van der Waals surface area contributed by atoms with Crippen molar-refractivity contribution in [2.45, 2.75) is 85.6 Å². The molecule has 0 saturated heterocycles. The Balaban J connectivity index is 2.31. The van der Waals surface area contributed by atoms with Crippen molar-refractivity contribution in [2.24, 2.45) is 16.7 Å². The molecule has 0 aromatic carbocycles. The Kier molecular flexibility index (Phi) is 6.52. The lowest BCUT2D eigenvalue weighted by Gasteiger charge is -2.40. The first kappa shape index (κ1) is 17.5. The second kappa shape index (κ2) is 7.46. The van der Waals surface area contributed by atoms with Gasteiger partial charge in [0, 0.05) is 19.0 Å². The van der Waals surface area contributed by atoms with Gasteiger partial charge in [-0.05, 0) is 48.9 Å². The summed E-state index contributed by atoms with van der Waals surface area (Å²) in [4.78, 5) is 0. The Morgan fingerprint density at radius 1 is 1.10 bits per heavy atom. The predicted molar refractivity (Wildman–Crippen MR) is 86.4 cm³/mol. The van der Waals surface area contributed by atoms with Crippen molar-refractivity contribution in [3.63, 3.8) is 0 Å². The lowest BCUT2D eigenvalue weighted by atomic mass is 9.69. The molecule has 0 bridgehead atoms. The molecular formula is C18H34N2. The minimum absolute atomic E-state index is 0.245. The molecule has 0 heterocycles. The molecule has 0 aromatic rings. The minimum atomic E-state index is 0.245. The summed E-state index contributed by atoms with van der Waals surface area (Å²) >= 11 is 0. The van der Waals surface area contributed by atoms with Gasteiger partial charge in [0.2, 0.25) is 0 Å². The monoisotopic (exact) mass is 278 g/mol. The zero-order chi connectivity index (χ0) is 15.2. The first-order chi connectivity index (χ1) is 9.30. The van der Waals surface area contributed by atoms with Gasteiger partial charge in [-0.2, -0.15) is 5.26 Å². The van der Waals surface area contributed by atoms with Crippen LogP contribution in [-0.4, -0.2) is 12.6 Å². The highest BCUT2D eigenvalue weighted by molar-refractivity contribution is 4.86. The van der Waals surface area contributed by atoms with Gasteiger partial charge >= 0.3 is 0 Å². The molecule has 0 atom stereocenters. The Morgan fingerprint density at radius 3 is 2.20 bits per heavy atom. The SMILES string of the molecule is CCC(C)(C)C1CCC(NCC(C)(C)CCC#N)CC1. The maximum atomic E-state index is 8.70. The second-order valence-corrected chi connectivity index (χ2v) is 8.09. The molecule has 1 rings (SSSR count). The quantitative estimate of drug-likeness (QED) is 0.719. The standard InChI is InChI=1S/C18H34N2/c1-6-18(4,5)15-8-10-16(11-9-15)20-14-17(2,3)12-7-13-19/h15-16,20H,6-12,14H2,1-5H3. The lowest BCUT2D eigenvalue weighted by molar-refractivity contribution is 0.133. The highest BCUT2D eigenvalue weighted by Gasteiger charge is 2.32. The molecule has 1 aliphatic carbocycles. The summed E-state index contributed by atoms with van der Waals surface area (Å²) in [5.41, 5.74) is 0.756. The van der Waals surface area contributed by atoms with Crippen LogP contribution in [0.4, 0.5) is 0 Å². The summed E-state index contributed by atoms with van der Waals surface area (Å²) in [6, 6.07) is 2.96. The number of hydrogen-bond acceptors (Lipinski definition) is 2. The first-order valence-corrected chi connectivity index (χ1v) is 8.41. The molecule has 2 nitrogen and oxygen atoms in total. The van der Waals surface area contributed by atoms with E-state index in [0.29, 0.717) is 17.9 Å². The highest BCUT2D eigenvalue weighted by atomic mass is 14.9. The number of nitrogens with one attached hydrogen (secondary N) is 1. The third-order valence-corrected chi connectivity index (χ3v) is 5.53. The summed E-state index contributed by atoms with van der Waals surface area (Å²) in [6.07, 6.45) is 8.34. The van der Waals surface area contributed by atoms with E-state index in [0.717, 1.165) is 18.9 Å². The molecule has 20 heavy (non-hydrogen) atoms. The van der Waals surface area contributed by atoms with Crippen molar-refractivity contribution in [2.75, 3.05) is 6.54 Å². The van der Waals surface area contributed by atoms with Crippen LogP contribution >= 0.6 is 0 Å². The Hall–Kier alpha value is -0.550. The van der Waals surface area contributed by atoms with Gasteiger partial charge in [-0.15, -0.1) is 0 Å². The molecule has 2 heteroatoms. The van der Waals surface area contributed by atoms with Gasteiger partial charge in [-0.3, -0.25) is 0 Å². The van der Waals surface area contributed by atoms with E-state index in [1.54, 1.807) is 0 Å². The van der Waals surface area contributed by atoms with E-state index in [4.69, 9.17) is 5.26 Å². The van der Waals surface area contributed by atoms with Crippen LogP contribution in [0.1, 0.15) is 79.6 Å². The Bertz CT molecular complexity index is 317. The molecule has 1 aliphatic rings. The molecule has 1 fully saturated rings. The average molecular weight is 278 g/mol. The zero-order valence-electron chi connectivity index (χ0n) is 14.3. The summed E-state index contributed by atoms with van der Waals surface area (Å²) in [7, 11) is 0. The fourth-order valence-electron chi connectivity index (χ4n) is 3.27. The lowest BCUT2D eigenvalue weighted by Crippen LogP contribution is -2.41. The molecular weight excluding hydrogens is 244 g/mol. The van der Waals surface area contributed by atoms with Gasteiger partial charge < -0.3 is 5.32 Å². The molecule has 1 saturated carbocycles.